The maximum Gasteiger partial charge on any atom is 0.366 e. The Bertz CT molecular complexity index is 440. The highest BCUT2D eigenvalue weighted by atomic mass is 32.2. The van der Waals surface area contributed by atoms with Gasteiger partial charge in [-0.1, -0.05) is 19.1 Å². The van der Waals surface area contributed by atoms with Crippen molar-refractivity contribution in [3.8, 4) is 0 Å². The summed E-state index contributed by atoms with van der Waals surface area (Å²) in [4.78, 5) is 11.3. The van der Waals surface area contributed by atoms with Crippen LogP contribution in [0.5, 0.6) is 0 Å². The first-order valence-corrected chi connectivity index (χ1v) is 5.63. The molecule has 1 aromatic rings. The quantitative estimate of drug-likeness (QED) is 0.784. The minimum absolute atomic E-state index is 0.0155. The molecule has 1 amide bonds. The third kappa shape index (κ3) is 2.77. The highest BCUT2D eigenvalue weighted by Crippen LogP contribution is 2.17. The maximum absolute atomic E-state index is 11.3. The van der Waals surface area contributed by atoms with Crippen LogP contribution in [0.25, 0.3) is 0 Å². The van der Waals surface area contributed by atoms with Crippen LogP contribution < -0.4 is 4.31 Å². The summed E-state index contributed by atoms with van der Waals surface area (Å²) < 4.78 is 31.2. The molecule has 1 aromatic carbocycles. The van der Waals surface area contributed by atoms with Crippen molar-refractivity contribution < 1.29 is 17.8 Å². The molecule has 0 saturated heterocycles. The Morgan fingerprint density at radius 2 is 2.00 bits per heavy atom. The molecular weight excluding hydrogens is 218 g/mol. The minimum Gasteiger partial charge on any atom is -0.273 e. The number of carbonyl (C=O) groups excluding carboxylic acids is 1. The van der Waals surface area contributed by atoms with Crippen molar-refractivity contribution in [2.45, 2.75) is 13.3 Å². The fourth-order valence-electron chi connectivity index (χ4n) is 1.06. The molecule has 0 fully saturated rings. The minimum atomic E-state index is -4.56. The van der Waals surface area contributed by atoms with E-state index in [9.17, 15) is 13.2 Å². The summed E-state index contributed by atoms with van der Waals surface area (Å²) in [6.07, 6.45) is -0.0155. The van der Waals surface area contributed by atoms with Gasteiger partial charge in [-0.05, 0) is 18.2 Å². The lowest BCUT2D eigenvalue weighted by Crippen LogP contribution is -2.35. The smallest absolute Gasteiger partial charge is 0.273 e. The largest absolute Gasteiger partial charge is 0.366 e. The molecule has 0 heterocycles. The van der Waals surface area contributed by atoms with E-state index in [-0.39, 0.29) is 12.1 Å². The summed E-state index contributed by atoms with van der Waals surface area (Å²) in [5, 5.41) is 0. The fraction of sp³-hybridized carbons (Fsp3) is 0.222. The van der Waals surface area contributed by atoms with Crippen LogP contribution in [0.4, 0.5) is 5.69 Å². The highest BCUT2D eigenvalue weighted by molar-refractivity contribution is 7.88. The average molecular weight is 228 g/mol. The van der Waals surface area contributed by atoms with E-state index < -0.39 is 16.2 Å². The maximum atomic E-state index is 11.3. The lowest BCUT2D eigenvalue weighted by atomic mass is 10.3. The van der Waals surface area contributed by atoms with E-state index in [1.54, 1.807) is 0 Å². The van der Waals surface area contributed by atoms with E-state index in [1.807, 2.05) is 0 Å². The summed E-state index contributed by atoms with van der Waals surface area (Å²) in [7, 11) is -4.56. The van der Waals surface area contributed by atoms with E-state index in [4.69, 9.17) is 4.55 Å². The summed E-state index contributed by atoms with van der Waals surface area (Å²) in [5.41, 5.74) is 0.100. The molecule has 0 spiro atoms. The Morgan fingerprint density at radius 1 is 1.47 bits per heavy atom. The normalized spacial score (nSPS) is 11.1. The van der Waals surface area contributed by atoms with Gasteiger partial charge in [0.25, 0.3) is 0 Å². The first kappa shape index (κ1) is 11.7. The van der Waals surface area contributed by atoms with Crippen molar-refractivity contribution in [2.75, 3.05) is 4.31 Å². The van der Waals surface area contributed by atoms with Gasteiger partial charge >= 0.3 is 10.3 Å². The second-order valence-electron chi connectivity index (χ2n) is 2.75. The molecule has 0 aromatic heterocycles. The lowest BCUT2D eigenvalue weighted by Gasteiger charge is -2.17. The van der Waals surface area contributed by atoms with Crippen molar-refractivity contribution in [3.05, 3.63) is 30.3 Å². The Morgan fingerprint density at radius 3 is 2.40 bits per heavy atom. The molecule has 5 nitrogen and oxygen atoms in total. The van der Waals surface area contributed by atoms with Gasteiger partial charge in [-0.3, -0.25) is 9.35 Å². The van der Waals surface area contributed by atoms with E-state index in [0.29, 0.717) is 4.31 Å². The SMILES string of the molecule is CCC(=O)N(c1cc[c]cc1)S(=O)(=O)O. The second kappa shape index (κ2) is 4.41. The zero-order valence-corrected chi connectivity index (χ0v) is 8.86. The number of benzene rings is 1. The van der Waals surface area contributed by atoms with Crippen LogP contribution in [0.3, 0.4) is 0 Å². The molecule has 0 aliphatic rings. The van der Waals surface area contributed by atoms with Crippen LogP contribution in [-0.2, 0) is 15.1 Å². The molecule has 81 valence electrons. The monoisotopic (exact) mass is 228 g/mol. The van der Waals surface area contributed by atoms with Gasteiger partial charge in [0.1, 0.15) is 0 Å². The number of hydrogen-bond donors (Lipinski definition) is 1. The Kier molecular flexibility index (Phi) is 3.43. The van der Waals surface area contributed by atoms with E-state index >= 15 is 0 Å². The Balaban J connectivity index is 3.20. The summed E-state index contributed by atoms with van der Waals surface area (Å²) in [6, 6.07) is 8.34. The van der Waals surface area contributed by atoms with Gasteiger partial charge in [-0.25, -0.2) is 0 Å². The van der Waals surface area contributed by atoms with Crippen LogP contribution in [0, 0.1) is 6.07 Å². The van der Waals surface area contributed by atoms with Crippen molar-refractivity contribution in [1.29, 1.82) is 0 Å². The average Bonchev–Trinajstić information content (AvgIpc) is 2.17. The predicted octanol–water partition coefficient (Wildman–Crippen LogP) is 1.03. The molecule has 1 N–H and O–H groups in total. The predicted molar refractivity (Wildman–Crippen MR) is 54.6 cm³/mol. The summed E-state index contributed by atoms with van der Waals surface area (Å²) in [6.45, 7) is 1.51. The first-order valence-electron chi connectivity index (χ1n) is 4.23. The number of nitrogens with zero attached hydrogens (tertiary/aromatic N) is 1. The first-order chi connectivity index (χ1) is 6.96. The molecule has 0 aliphatic heterocycles. The van der Waals surface area contributed by atoms with Crippen LogP contribution in [-0.4, -0.2) is 18.9 Å². The molecule has 0 atom stereocenters. The van der Waals surface area contributed by atoms with Gasteiger partial charge < -0.3 is 0 Å². The molecule has 1 radical (unpaired) electrons. The Labute approximate surface area is 88.2 Å². The zero-order valence-electron chi connectivity index (χ0n) is 8.04. The molecule has 0 bridgehead atoms. The van der Waals surface area contributed by atoms with Gasteiger partial charge in [-0.15, -0.1) is 0 Å². The van der Waals surface area contributed by atoms with E-state index in [1.165, 1.54) is 31.2 Å². The molecular formula is C9H10NO4S. The molecule has 0 saturated carbocycles. The lowest BCUT2D eigenvalue weighted by molar-refractivity contribution is -0.117. The van der Waals surface area contributed by atoms with Crippen molar-refractivity contribution in [3.63, 3.8) is 0 Å². The van der Waals surface area contributed by atoms with Gasteiger partial charge in [-0.2, -0.15) is 12.7 Å². The Hall–Kier alpha value is -1.40. The highest BCUT2D eigenvalue weighted by Gasteiger charge is 2.25. The zero-order chi connectivity index (χ0) is 11.5. The number of carbonyl (C=O) groups is 1. The van der Waals surface area contributed by atoms with Crippen LogP contribution >= 0.6 is 0 Å². The van der Waals surface area contributed by atoms with Gasteiger partial charge in [0.05, 0.1) is 5.69 Å². The van der Waals surface area contributed by atoms with Crippen LogP contribution in [0.1, 0.15) is 13.3 Å². The number of hydrogen-bond acceptors (Lipinski definition) is 3. The van der Waals surface area contributed by atoms with Crippen LogP contribution in [0.2, 0.25) is 0 Å². The number of rotatable bonds is 3. The van der Waals surface area contributed by atoms with E-state index in [2.05, 4.69) is 6.07 Å². The summed E-state index contributed by atoms with van der Waals surface area (Å²) in [5.74, 6) is -0.691. The molecule has 15 heavy (non-hydrogen) atoms. The van der Waals surface area contributed by atoms with Crippen LogP contribution in [0.15, 0.2) is 24.3 Å². The standard InChI is InChI=1S/C9H10NO4S/c1-2-9(11)10(15(12,13)14)8-6-4-3-5-7-8/h4-7H,2H2,1H3,(H,12,13,14). The van der Waals surface area contributed by atoms with Gasteiger partial charge in [0, 0.05) is 6.42 Å². The molecule has 0 aliphatic carbocycles. The molecule has 6 heteroatoms. The molecule has 0 unspecified atom stereocenters. The third-order valence-electron chi connectivity index (χ3n) is 1.69. The fourth-order valence-corrected chi connectivity index (χ4v) is 1.84. The number of anilines is 1. The van der Waals surface area contributed by atoms with Crippen molar-refractivity contribution >= 4 is 21.9 Å². The summed E-state index contributed by atoms with van der Waals surface area (Å²) >= 11 is 0. The molecule has 1 rings (SSSR count). The van der Waals surface area contributed by atoms with Gasteiger partial charge in [0.15, 0.2) is 0 Å². The van der Waals surface area contributed by atoms with E-state index in [0.717, 1.165) is 0 Å². The second-order valence-corrected chi connectivity index (χ2v) is 4.01. The van der Waals surface area contributed by atoms with Gasteiger partial charge in [0.2, 0.25) is 5.91 Å². The topological polar surface area (TPSA) is 74.7 Å². The van der Waals surface area contributed by atoms with Crippen molar-refractivity contribution in [2.24, 2.45) is 0 Å². The number of amides is 1. The third-order valence-corrected chi connectivity index (χ3v) is 2.57. The van der Waals surface area contributed by atoms with Crippen molar-refractivity contribution in [1.82, 2.24) is 0 Å².